The van der Waals surface area contributed by atoms with E-state index in [1.54, 1.807) is 6.92 Å². The first kappa shape index (κ1) is 14.1. The molecule has 3 rings (SSSR count). The van der Waals surface area contributed by atoms with E-state index in [2.05, 4.69) is 20.8 Å². The first-order chi connectivity index (χ1) is 10.5. The maximum atomic E-state index is 14.2. The van der Waals surface area contributed by atoms with Gasteiger partial charge in [0.1, 0.15) is 17.7 Å². The Kier molecular flexibility index (Phi) is 3.32. The first-order valence-corrected chi connectivity index (χ1v) is 6.32. The smallest absolute Gasteiger partial charge is 0.338 e. The largest absolute Gasteiger partial charge is 0.466 e. The number of rotatable bonds is 2. The summed E-state index contributed by atoms with van der Waals surface area (Å²) >= 11 is 0. The van der Waals surface area contributed by atoms with Crippen LogP contribution >= 0.6 is 0 Å². The van der Waals surface area contributed by atoms with E-state index in [1.807, 2.05) is 0 Å². The van der Waals surface area contributed by atoms with Crippen molar-refractivity contribution < 1.29 is 18.3 Å². The molecule has 1 aromatic carbocycles. The number of fused-ring (bicyclic) bond motifs is 1. The number of methoxy groups -OCH3 is 1. The highest BCUT2D eigenvalue weighted by atomic mass is 19.1. The fraction of sp³-hybridized carbons (Fsp3) is 0.231. The second kappa shape index (κ2) is 5.17. The minimum absolute atomic E-state index is 0.0604. The molecule has 0 amide bonds. The summed E-state index contributed by atoms with van der Waals surface area (Å²) in [5.41, 5.74) is 0.449. The molecule has 2 heterocycles. The third-order valence-electron chi connectivity index (χ3n) is 3.37. The maximum Gasteiger partial charge on any atom is 0.338 e. The molecule has 114 valence electrons. The van der Waals surface area contributed by atoms with Gasteiger partial charge in [0.2, 0.25) is 5.95 Å². The van der Waals surface area contributed by atoms with Crippen LogP contribution in [0.5, 0.6) is 0 Å². The Morgan fingerprint density at radius 2 is 2.18 bits per heavy atom. The van der Waals surface area contributed by atoms with Gasteiger partial charge in [0, 0.05) is 11.3 Å². The van der Waals surface area contributed by atoms with Crippen LogP contribution in [0.1, 0.15) is 18.5 Å². The molecule has 1 aliphatic rings. The number of aromatic nitrogens is 4. The van der Waals surface area contributed by atoms with Gasteiger partial charge in [-0.2, -0.15) is 4.68 Å². The van der Waals surface area contributed by atoms with E-state index in [1.165, 1.54) is 11.8 Å². The van der Waals surface area contributed by atoms with E-state index >= 15 is 0 Å². The molecular formula is C13H11F2N5O2. The molecule has 0 aliphatic carbocycles. The summed E-state index contributed by atoms with van der Waals surface area (Å²) in [5, 5.41) is 13.8. The number of carbonyl (C=O) groups is 1. The number of anilines is 1. The SMILES string of the molecule is COC(=O)C1=C(C)Nc2nnnn2[C@H]1c1cc(F)ccc1F. The lowest BCUT2D eigenvalue weighted by Crippen LogP contribution is -2.30. The second-order valence-electron chi connectivity index (χ2n) is 4.67. The Hall–Kier alpha value is -2.84. The molecule has 9 heteroatoms. The predicted molar refractivity (Wildman–Crippen MR) is 70.7 cm³/mol. The summed E-state index contributed by atoms with van der Waals surface area (Å²) < 4.78 is 33.7. The molecule has 1 N–H and O–H groups in total. The maximum absolute atomic E-state index is 14.2. The average Bonchev–Trinajstić information content (AvgIpc) is 2.95. The fourth-order valence-corrected chi connectivity index (χ4v) is 2.40. The second-order valence-corrected chi connectivity index (χ2v) is 4.67. The molecule has 0 radical (unpaired) electrons. The molecular weight excluding hydrogens is 296 g/mol. The fourth-order valence-electron chi connectivity index (χ4n) is 2.40. The molecule has 2 aromatic rings. The number of benzene rings is 1. The Bertz CT molecular complexity index is 786. The number of tetrazole rings is 1. The van der Waals surface area contributed by atoms with Gasteiger partial charge >= 0.3 is 5.97 Å². The highest BCUT2D eigenvalue weighted by Gasteiger charge is 2.36. The van der Waals surface area contributed by atoms with Gasteiger partial charge < -0.3 is 10.1 Å². The number of esters is 1. The van der Waals surface area contributed by atoms with Crippen molar-refractivity contribution in [2.75, 3.05) is 12.4 Å². The van der Waals surface area contributed by atoms with Gasteiger partial charge in [0.05, 0.1) is 12.7 Å². The van der Waals surface area contributed by atoms with Gasteiger partial charge in [-0.25, -0.2) is 13.6 Å². The lowest BCUT2D eigenvalue weighted by molar-refractivity contribution is -0.136. The number of hydrogen-bond donors (Lipinski definition) is 1. The molecule has 1 aromatic heterocycles. The van der Waals surface area contributed by atoms with Crippen LogP contribution < -0.4 is 5.32 Å². The summed E-state index contributed by atoms with van der Waals surface area (Å²) in [7, 11) is 1.21. The lowest BCUT2D eigenvalue weighted by Gasteiger charge is -2.27. The number of nitrogens with zero attached hydrogens (tertiary/aromatic N) is 4. The van der Waals surface area contributed by atoms with Crippen molar-refractivity contribution in [3.8, 4) is 0 Å². The van der Waals surface area contributed by atoms with Crippen molar-refractivity contribution in [1.29, 1.82) is 0 Å². The quantitative estimate of drug-likeness (QED) is 0.845. The van der Waals surface area contributed by atoms with E-state index < -0.39 is 23.6 Å². The summed E-state index contributed by atoms with van der Waals surface area (Å²) in [6.45, 7) is 1.61. The molecule has 0 bridgehead atoms. The summed E-state index contributed by atoms with van der Waals surface area (Å²) in [6, 6.07) is 1.97. The summed E-state index contributed by atoms with van der Waals surface area (Å²) in [5.74, 6) is -1.77. The molecule has 0 unspecified atom stereocenters. The number of hydrogen-bond acceptors (Lipinski definition) is 6. The molecule has 22 heavy (non-hydrogen) atoms. The van der Waals surface area contributed by atoms with Gasteiger partial charge in [-0.15, -0.1) is 0 Å². The van der Waals surface area contributed by atoms with Crippen LogP contribution in [-0.4, -0.2) is 33.3 Å². The average molecular weight is 307 g/mol. The topological polar surface area (TPSA) is 81.9 Å². The Morgan fingerprint density at radius 1 is 1.41 bits per heavy atom. The van der Waals surface area contributed by atoms with Gasteiger partial charge in [0.25, 0.3) is 0 Å². The summed E-state index contributed by atoms with van der Waals surface area (Å²) in [6.07, 6.45) is 0. The highest BCUT2D eigenvalue weighted by Crippen LogP contribution is 2.36. The van der Waals surface area contributed by atoms with E-state index in [9.17, 15) is 13.6 Å². The van der Waals surface area contributed by atoms with Crippen molar-refractivity contribution in [3.63, 3.8) is 0 Å². The summed E-state index contributed by atoms with van der Waals surface area (Å²) in [4.78, 5) is 12.1. The van der Waals surface area contributed by atoms with Crippen LogP contribution in [0.3, 0.4) is 0 Å². The zero-order valence-electron chi connectivity index (χ0n) is 11.7. The molecule has 7 nitrogen and oxygen atoms in total. The molecule has 0 spiro atoms. The minimum Gasteiger partial charge on any atom is -0.466 e. The minimum atomic E-state index is -1.02. The predicted octanol–water partition coefficient (Wildman–Crippen LogP) is 1.41. The van der Waals surface area contributed by atoms with Crippen LogP contribution in [0, 0.1) is 11.6 Å². The van der Waals surface area contributed by atoms with Gasteiger partial charge in [-0.1, -0.05) is 5.10 Å². The molecule has 1 atom stereocenters. The van der Waals surface area contributed by atoms with Crippen molar-refractivity contribution in [2.45, 2.75) is 13.0 Å². The molecule has 0 fully saturated rings. The number of carbonyl (C=O) groups excluding carboxylic acids is 1. The zero-order valence-corrected chi connectivity index (χ0v) is 11.7. The van der Waals surface area contributed by atoms with E-state index in [-0.39, 0.29) is 17.1 Å². The third-order valence-corrected chi connectivity index (χ3v) is 3.37. The molecule has 0 saturated heterocycles. The monoisotopic (exact) mass is 307 g/mol. The molecule has 1 aliphatic heterocycles. The highest BCUT2D eigenvalue weighted by molar-refractivity contribution is 5.92. The Balaban J connectivity index is 2.25. The van der Waals surface area contributed by atoms with Crippen molar-refractivity contribution in [3.05, 3.63) is 46.7 Å². The van der Waals surface area contributed by atoms with Gasteiger partial charge in [0.15, 0.2) is 0 Å². The molecule has 0 saturated carbocycles. The third kappa shape index (κ3) is 2.10. The number of allylic oxidation sites excluding steroid dienone is 1. The normalized spacial score (nSPS) is 17.0. The number of nitrogens with one attached hydrogen (secondary N) is 1. The Morgan fingerprint density at radius 3 is 2.91 bits per heavy atom. The number of halogens is 2. The zero-order chi connectivity index (χ0) is 15.9. The van der Waals surface area contributed by atoms with Crippen molar-refractivity contribution >= 4 is 11.9 Å². The van der Waals surface area contributed by atoms with Crippen LogP contribution in [0.4, 0.5) is 14.7 Å². The standard InChI is InChI=1S/C13H11F2N5O2/c1-6-10(12(21)22-2)11(20-13(16-6)17-18-19-20)8-5-7(14)3-4-9(8)15/h3-5,11H,1-2H3,(H,16,17,19)/t11-/m0/s1. The number of ether oxygens (including phenoxy) is 1. The van der Waals surface area contributed by atoms with Crippen molar-refractivity contribution in [1.82, 2.24) is 20.2 Å². The van der Waals surface area contributed by atoms with E-state index in [0.717, 1.165) is 18.2 Å². The van der Waals surface area contributed by atoms with Crippen LogP contribution in [-0.2, 0) is 9.53 Å². The van der Waals surface area contributed by atoms with Gasteiger partial charge in [-0.3, -0.25) is 0 Å². The van der Waals surface area contributed by atoms with Crippen molar-refractivity contribution in [2.24, 2.45) is 0 Å². The first-order valence-electron chi connectivity index (χ1n) is 6.32. The van der Waals surface area contributed by atoms with Crippen LogP contribution in [0.2, 0.25) is 0 Å². The Labute approximate surface area is 123 Å². The lowest BCUT2D eigenvalue weighted by atomic mass is 9.95. The van der Waals surface area contributed by atoms with Crippen LogP contribution in [0.25, 0.3) is 0 Å². The van der Waals surface area contributed by atoms with Crippen LogP contribution in [0.15, 0.2) is 29.5 Å². The van der Waals surface area contributed by atoms with E-state index in [4.69, 9.17) is 4.74 Å². The van der Waals surface area contributed by atoms with Gasteiger partial charge in [-0.05, 0) is 35.5 Å². The van der Waals surface area contributed by atoms with E-state index in [0.29, 0.717) is 5.70 Å².